The highest BCUT2D eigenvalue weighted by molar-refractivity contribution is 7.89. The first-order valence-corrected chi connectivity index (χ1v) is 10.3. The lowest BCUT2D eigenvalue weighted by Gasteiger charge is -2.13. The Balaban J connectivity index is 1.74. The molecule has 1 aromatic heterocycles. The van der Waals surface area contributed by atoms with Crippen LogP contribution < -0.4 is 9.46 Å². The van der Waals surface area contributed by atoms with Crippen LogP contribution in [-0.2, 0) is 16.4 Å². The van der Waals surface area contributed by atoms with E-state index < -0.39 is 10.0 Å². The van der Waals surface area contributed by atoms with E-state index in [1.807, 2.05) is 31.2 Å². The van der Waals surface area contributed by atoms with E-state index in [1.54, 1.807) is 11.3 Å². The Morgan fingerprint density at radius 1 is 1.28 bits per heavy atom. The molecule has 0 aliphatic carbocycles. The van der Waals surface area contributed by atoms with Gasteiger partial charge in [-0.1, -0.05) is 23.7 Å². The van der Waals surface area contributed by atoms with Gasteiger partial charge in [-0.25, -0.2) is 18.1 Å². The molecule has 5 nitrogen and oxygen atoms in total. The molecule has 0 saturated heterocycles. The largest absolute Gasteiger partial charge is 0.495 e. The molecule has 0 amide bonds. The lowest BCUT2D eigenvalue weighted by Crippen LogP contribution is -2.34. The van der Waals surface area contributed by atoms with Crippen LogP contribution in [0.2, 0.25) is 5.02 Å². The second-order valence-corrected chi connectivity index (χ2v) is 8.83. The van der Waals surface area contributed by atoms with E-state index in [-0.39, 0.29) is 16.0 Å². The molecule has 1 heterocycles. The third kappa shape index (κ3) is 4.12. The van der Waals surface area contributed by atoms with E-state index in [2.05, 4.69) is 9.71 Å². The highest BCUT2D eigenvalue weighted by Gasteiger charge is 2.20. The lowest BCUT2D eigenvalue weighted by atomic mass is 10.3. The lowest BCUT2D eigenvalue weighted by molar-refractivity contribution is 0.414. The number of thiazole rings is 1. The van der Waals surface area contributed by atoms with Crippen LogP contribution in [0.1, 0.15) is 11.9 Å². The number of hydrogen-bond acceptors (Lipinski definition) is 5. The normalized spacial score (nSPS) is 13.1. The fourth-order valence-corrected chi connectivity index (χ4v) is 5.15. The summed E-state index contributed by atoms with van der Waals surface area (Å²) in [6, 6.07) is 11.9. The van der Waals surface area contributed by atoms with Crippen LogP contribution in [-0.4, -0.2) is 26.6 Å². The average molecular weight is 397 g/mol. The number of fused-ring (bicyclic) bond motifs is 1. The minimum Gasteiger partial charge on any atom is -0.495 e. The molecule has 0 bridgehead atoms. The average Bonchev–Trinajstić information content (AvgIpc) is 2.96. The molecular formula is C17H17ClN2O3S2. The third-order valence-electron chi connectivity index (χ3n) is 3.61. The van der Waals surface area contributed by atoms with E-state index in [9.17, 15) is 8.42 Å². The predicted octanol–water partition coefficient (Wildman–Crippen LogP) is 3.87. The van der Waals surface area contributed by atoms with E-state index in [4.69, 9.17) is 16.3 Å². The smallest absolute Gasteiger partial charge is 0.240 e. The number of nitrogens with one attached hydrogen (secondary N) is 1. The van der Waals surface area contributed by atoms with Crippen molar-refractivity contribution in [3.63, 3.8) is 0 Å². The van der Waals surface area contributed by atoms with Crippen molar-refractivity contribution in [1.82, 2.24) is 9.71 Å². The number of aromatic nitrogens is 1. The second kappa shape index (κ2) is 7.29. The van der Waals surface area contributed by atoms with Crippen LogP contribution in [0.25, 0.3) is 10.2 Å². The molecule has 0 fully saturated rings. The number of methoxy groups -OCH3 is 1. The monoisotopic (exact) mass is 396 g/mol. The summed E-state index contributed by atoms with van der Waals surface area (Å²) >= 11 is 7.59. The van der Waals surface area contributed by atoms with E-state index in [0.29, 0.717) is 12.2 Å². The molecule has 132 valence electrons. The highest BCUT2D eigenvalue weighted by atomic mass is 35.5. The van der Waals surface area contributed by atoms with Gasteiger partial charge in [0, 0.05) is 12.5 Å². The molecule has 1 unspecified atom stereocenters. The Morgan fingerprint density at radius 2 is 2.04 bits per heavy atom. The Bertz CT molecular complexity index is 969. The van der Waals surface area contributed by atoms with Gasteiger partial charge in [0.05, 0.1) is 32.3 Å². The summed E-state index contributed by atoms with van der Waals surface area (Å²) in [5.41, 5.74) is 0.930. The third-order valence-corrected chi connectivity index (χ3v) is 6.55. The SMILES string of the molecule is COc1ccc(S(=O)(=O)NC(C)Cc2nc3ccccc3s2)cc1Cl. The van der Waals surface area contributed by atoms with Gasteiger partial charge in [-0.15, -0.1) is 11.3 Å². The van der Waals surface area contributed by atoms with Gasteiger partial charge in [0.2, 0.25) is 10.0 Å². The van der Waals surface area contributed by atoms with Gasteiger partial charge in [-0.2, -0.15) is 0 Å². The first kappa shape index (κ1) is 18.1. The van der Waals surface area contributed by atoms with Gasteiger partial charge in [0.25, 0.3) is 0 Å². The predicted molar refractivity (Wildman–Crippen MR) is 101 cm³/mol. The summed E-state index contributed by atoms with van der Waals surface area (Å²) in [6.45, 7) is 1.81. The van der Waals surface area contributed by atoms with Crippen LogP contribution in [0.5, 0.6) is 5.75 Å². The fourth-order valence-electron chi connectivity index (χ4n) is 2.46. The van der Waals surface area contributed by atoms with Gasteiger partial charge in [0.15, 0.2) is 0 Å². The van der Waals surface area contributed by atoms with Crippen molar-refractivity contribution in [3.8, 4) is 5.75 Å². The van der Waals surface area contributed by atoms with Crippen LogP contribution in [0.4, 0.5) is 0 Å². The molecule has 1 N–H and O–H groups in total. The molecule has 0 radical (unpaired) electrons. The maximum Gasteiger partial charge on any atom is 0.240 e. The highest BCUT2D eigenvalue weighted by Crippen LogP contribution is 2.27. The number of rotatable bonds is 6. The fraction of sp³-hybridized carbons (Fsp3) is 0.235. The van der Waals surface area contributed by atoms with Gasteiger partial charge in [-0.3, -0.25) is 0 Å². The molecule has 0 spiro atoms. The molecule has 3 rings (SSSR count). The van der Waals surface area contributed by atoms with Crippen LogP contribution in [0.3, 0.4) is 0 Å². The zero-order chi connectivity index (χ0) is 18.0. The Hall–Kier alpha value is -1.67. The molecule has 3 aromatic rings. The second-order valence-electron chi connectivity index (χ2n) is 5.60. The Morgan fingerprint density at radius 3 is 2.72 bits per heavy atom. The number of hydrogen-bond donors (Lipinski definition) is 1. The summed E-state index contributed by atoms with van der Waals surface area (Å²) in [5, 5.41) is 1.15. The summed E-state index contributed by atoms with van der Waals surface area (Å²) in [7, 11) is -2.19. The number of benzene rings is 2. The number of halogens is 1. The molecule has 8 heteroatoms. The number of nitrogens with zero attached hydrogens (tertiary/aromatic N) is 1. The van der Waals surface area contributed by atoms with Gasteiger partial charge in [-0.05, 0) is 37.3 Å². The molecule has 0 saturated carbocycles. The minimum atomic E-state index is -3.67. The van der Waals surface area contributed by atoms with Gasteiger partial charge in [0.1, 0.15) is 5.75 Å². The number of sulfonamides is 1. The van der Waals surface area contributed by atoms with Crippen molar-refractivity contribution in [3.05, 3.63) is 52.5 Å². The van der Waals surface area contributed by atoms with Crippen molar-refractivity contribution >= 4 is 43.2 Å². The quantitative estimate of drug-likeness (QED) is 0.686. The Labute approximate surface area is 155 Å². The summed E-state index contributed by atoms with van der Waals surface area (Å²) in [4.78, 5) is 4.64. The minimum absolute atomic E-state index is 0.106. The standard InChI is InChI=1S/C17H17ClN2O3S2/c1-11(9-17-19-14-5-3-4-6-16(14)24-17)20-25(21,22)12-7-8-15(23-2)13(18)10-12/h3-8,10-11,20H,9H2,1-2H3. The van der Waals surface area contributed by atoms with Crippen LogP contribution in [0, 0.1) is 0 Å². The molecule has 0 aliphatic heterocycles. The summed E-state index contributed by atoms with van der Waals surface area (Å²) in [6.07, 6.45) is 0.516. The van der Waals surface area contributed by atoms with Crippen LogP contribution >= 0.6 is 22.9 Å². The zero-order valence-electron chi connectivity index (χ0n) is 13.7. The number of para-hydroxylation sites is 1. The molecule has 1 atom stereocenters. The molecule has 0 aliphatic rings. The number of ether oxygens (including phenoxy) is 1. The van der Waals surface area contributed by atoms with Crippen molar-refractivity contribution in [1.29, 1.82) is 0 Å². The summed E-state index contributed by atoms with van der Waals surface area (Å²) in [5.74, 6) is 0.433. The van der Waals surface area contributed by atoms with Crippen molar-refractivity contribution in [2.75, 3.05) is 7.11 Å². The van der Waals surface area contributed by atoms with Crippen molar-refractivity contribution < 1.29 is 13.2 Å². The zero-order valence-corrected chi connectivity index (χ0v) is 16.1. The first-order valence-electron chi connectivity index (χ1n) is 7.59. The van der Waals surface area contributed by atoms with Crippen molar-refractivity contribution in [2.24, 2.45) is 0 Å². The molecule has 25 heavy (non-hydrogen) atoms. The molecule has 2 aromatic carbocycles. The molecular weight excluding hydrogens is 380 g/mol. The van der Waals surface area contributed by atoms with Gasteiger partial charge >= 0.3 is 0 Å². The van der Waals surface area contributed by atoms with Gasteiger partial charge < -0.3 is 4.74 Å². The van der Waals surface area contributed by atoms with E-state index in [0.717, 1.165) is 15.2 Å². The summed E-state index contributed by atoms with van der Waals surface area (Å²) < 4.78 is 33.9. The maximum atomic E-state index is 12.5. The maximum absolute atomic E-state index is 12.5. The van der Waals surface area contributed by atoms with E-state index >= 15 is 0 Å². The van der Waals surface area contributed by atoms with E-state index in [1.165, 1.54) is 25.3 Å². The topological polar surface area (TPSA) is 68.3 Å². The van der Waals surface area contributed by atoms with Crippen molar-refractivity contribution in [2.45, 2.75) is 24.3 Å². The first-order chi connectivity index (χ1) is 11.9. The Kier molecular flexibility index (Phi) is 5.29. The van der Waals surface area contributed by atoms with Crippen LogP contribution in [0.15, 0.2) is 47.4 Å².